The Morgan fingerprint density at radius 2 is 1.36 bits per heavy atom. The topological polar surface area (TPSA) is 36.8 Å². The smallest absolute Gasteiger partial charge is 0.0427 e. The highest BCUT2D eigenvalue weighted by molar-refractivity contribution is 5.81. The van der Waals surface area contributed by atoms with Gasteiger partial charge in [-0.25, -0.2) is 0 Å². The molecule has 0 saturated carbocycles. The molecule has 0 fully saturated rings. The van der Waals surface area contributed by atoms with E-state index in [4.69, 9.17) is 0 Å². The molecule has 0 unspecified atom stereocenters. The molecule has 0 aliphatic carbocycles. The number of hydrogen-bond donors (Lipinski definition) is 1. The van der Waals surface area contributed by atoms with Gasteiger partial charge in [0, 0.05) is 37.2 Å². The van der Waals surface area contributed by atoms with E-state index in [1.807, 2.05) is 12.2 Å². The van der Waals surface area contributed by atoms with Gasteiger partial charge in [-0.3, -0.25) is 9.98 Å². The molecular weight excluding hydrogens is 138 g/mol. The molecule has 0 aromatic heterocycles. The van der Waals surface area contributed by atoms with Gasteiger partial charge in [-0.1, -0.05) is 0 Å². The van der Waals surface area contributed by atoms with Crippen molar-refractivity contribution in [1.82, 2.24) is 5.32 Å². The van der Waals surface area contributed by atoms with Crippen molar-refractivity contribution in [1.29, 1.82) is 0 Å². The van der Waals surface area contributed by atoms with Crippen molar-refractivity contribution in [2.45, 2.75) is 0 Å². The van der Waals surface area contributed by atoms with Gasteiger partial charge in [-0.05, 0) is 12.2 Å². The molecule has 0 spiro atoms. The fourth-order valence-corrected chi connectivity index (χ4v) is 0.526. The minimum Gasteiger partial charge on any atom is -0.365 e. The minimum atomic E-state index is 1.67. The van der Waals surface area contributed by atoms with Crippen LogP contribution in [0.25, 0.3) is 0 Å². The largest absolute Gasteiger partial charge is 0.365 e. The molecule has 0 radical (unpaired) electrons. The number of rotatable bonds is 0. The lowest BCUT2D eigenvalue weighted by molar-refractivity contribution is 1.17. The van der Waals surface area contributed by atoms with Crippen LogP contribution in [-0.2, 0) is 0 Å². The first-order chi connectivity index (χ1) is 5.50. The molecule has 0 amide bonds. The summed E-state index contributed by atoms with van der Waals surface area (Å²) < 4.78 is 0. The van der Waals surface area contributed by atoms with Crippen LogP contribution >= 0.6 is 0 Å². The van der Waals surface area contributed by atoms with Crippen molar-refractivity contribution in [2.75, 3.05) is 0 Å². The van der Waals surface area contributed by atoms with Crippen LogP contribution in [-0.4, -0.2) is 12.4 Å². The third kappa shape index (κ3) is 3.86. The highest BCUT2D eigenvalue weighted by Gasteiger charge is 1.67. The zero-order chi connectivity index (χ0) is 7.78. The van der Waals surface area contributed by atoms with Crippen LogP contribution in [0.1, 0.15) is 0 Å². The van der Waals surface area contributed by atoms with Crippen LogP contribution in [0.3, 0.4) is 0 Å². The molecule has 0 aromatic carbocycles. The maximum atomic E-state index is 3.92. The quantitative estimate of drug-likeness (QED) is 0.549. The Morgan fingerprint density at radius 1 is 0.818 bits per heavy atom. The van der Waals surface area contributed by atoms with Crippen LogP contribution in [0.15, 0.2) is 46.9 Å². The molecule has 1 heterocycles. The maximum Gasteiger partial charge on any atom is 0.0427 e. The van der Waals surface area contributed by atoms with Crippen LogP contribution in [0.4, 0.5) is 0 Å². The van der Waals surface area contributed by atoms with Gasteiger partial charge in [0.25, 0.3) is 0 Å². The molecule has 11 heavy (non-hydrogen) atoms. The van der Waals surface area contributed by atoms with Crippen molar-refractivity contribution >= 4 is 12.4 Å². The van der Waals surface area contributed by atoms with E-state index in [1.165, 1.54) is 0 Å². The van der Waals surface area contributed by atoms with Crippen LogP contribution in [0.5, 0.6) is 0 Å². The second-order valence-electron chi connectivity index (χ2n) is 1.78. The number of allylic oxidation sites excluding steroid dienone is 2. The maximum absolute atomic E-state index is 3.92. The monoisotopic (exact) mass is 147 g/mol. The Kier molecular flexibility index (Phi) is 3.51. The van der Waals surface area contributed by atoms with E-state index >= 15 is 0 Å². The SMILES string of the molecule is C1=C\C=N/C=C\N/C=C\N=C/1. The van der Waals surface area contributed by atoms with E-state index in [1.54, 1.807) is 37.2 Å². The Bertz CT molecular complexity index is 210. The summed E-state index contributed by atoms with van der Waals surface area (Å²) >= 11 is 0. The third-order valence-corrected chi connectivity index (χ3v) is 0.969. The van der Waals surface area contributed by atoms with Crippen molar-refractivity contribution in [3.8, 4) is 0 Å². The molecular formula is C8H9N3. The third-order valence-electron chi connectivity index (χ3n) is 0.969. The molecule has 3 heteroatoms. The van der Waals surface area contributed by atoms with E-state index in [-0.39, 0.29) is 0 Å². The summed E-state index contributed by atoms with van der Waals surface area (Å²) in [6.07, 6.45) is 13.8. The van der Waals surface area contributed by atoms with Gasteiger partial charge in [-0.2, -0.15) is 0 Å². The molecule has 1 rings (SSSR count). The first-order valence-electron chi connectivity index (χ1n) is 3.28. The molecule has 1 aliphatic heterocycles. The standard InChI is InChI=1S/C8H9N3/c1-2-4-10-6-8-11-7-5-9-3-1/h1-8,11H/b2-1-,7-5-,8-6-,9-3-,10-4-. The molecule has 56 valence electrons. The summed E-state index contributed by atoms with van der Waals surface area (Å²) in [5, 5.41) is 2.87. The fourth-order valence-electron chi connectivity index (χ4n) is 0.526. The van der Waals surface area contributed by atoms with Gasteiger partial charge >= 0.3 is 0 Å². The van der Waals surface area contributed by atoms with E-state index in [9.17, 15) is 0 Å². The first-order valence-corrected chi connectivity index (χ1v) is 3.28. The summed E-state index contributed by atoms with van der Waals surface area (Å²) in [7, 11) is 0. The lowest BCUT2D eigenvalue weighted by atomic mass is 10.5. The summed E-state index contributed by atoms with van der Waals surface area (Å²) in [6.45, 7) is 0. The summed E-state index contributed by atoms with van der Waals surface area (Å²) in [5.41, 5.74) is 0. The number of nitrogens with one attached hydrogen (secondary N) is 1. The zero-order valence-electron chi connectivity index (χ0n) is 6.01. The van der Waals surface area contributed by atoms with E-state index < -0.39 is 0 Å². The lowest BCUT2D eigenvalue weighted by Gasteiger charge is -1.83. The molecule has 0 atom stereocenters. The van der Waals surface area contributed by atoms with Gasteiger partial charge in [0.2, 0.25) is 0 Å². The predicted octanol–water partition coefficient (Wildman–Crippen LogP) is 1.23. The van der Waals surface area contributed by atoms with Crippen LogP contribution in [0.2, 0.25) is 0 Å². The number of hydrogen-bond acceptors (Lipinski definition) is 3. The summed E-state index contributed by atoms with van der Waals surface area (Å²) in [5.74, 6) is 0. The highest BCUT2D eigenvalue weighted by Crippen LogP contribution is 1.77. The average molecular weight is 147 g/mol. The van der Waals surface area contributed by atoms with Gasteiger partial charge in [0.05, 0.1) is 0 Å². The molecule has 0 saturated heterocycles. The van der Waals surface area contributed by atoms with Crippen molar-refractivity contribution in [3.05, 3.63) is 37.0 Å². The molecule has 1 N–H and O–H groups in total. The van der Waals surface area contributed by atoms with Crippen LogP contribution in [0, 0.1) is 0 Å². The molecule has 0 bridgehead atoms. The van der Waals surface area contributed by atoms with Crippen molar-refractivity contribution < 1.29 is 0 Å². The molecule has 1 aliphatic rings. The van der Waals surface area contributed by atoms with Crippen molar-refractivity contribution in [2.24, 2.45) is 9.98 Å². The fraction of sp³-hybridized carbons (Fsp3) is 0. The molecule has 3 nitrogen and oxygen atoms in total. The Labute approximate surface area is 65.6 Å². The van der Waals surface area contributed by atoms with Gasteiger partial charge in [0.15, 0.2) is 0 Å². The highest BCUT2D eigenvalue weighted by atomic mass is 14.8. The summed E-state index contributed by atoms with van der Waals surface area (Å²) in [4.78, 5) is 7.85. The normalized spacial score (nSPS) is 30.5. The first kappa shape index (κ1) is 7.47. The zero-order valence-corrected chi connectivity index (χ0v) is 6.01. The van der Waals surface area contributed by atoms with E-state index in [2.05, 4.69) is 15.3 Å². The predicted molar refractivity (Wildman–Crippen MR) is 47.5 cm³/mol. The Morgan fingerprint density at radius 3 is 1.91 bits per heavy atom. The van der Waals surface area contributed by atoms with Crippen molar-refractivity contribution in [3.63, 3.8) is 0 Å². The Hall–Kier alpha value is -1.64. The second-order valence-corrected chi connectivity index (χ2v) is 1.78. The Balaban J connectivity index is 2.61. The van der Waals surface area contributed by atoms with Gasteiger partial charge in [-0.15, -0.1) is 0 Å². The van der Waals surface area contributed by atoms with E-state index in [0.29, 0.717) is 0 Å². The number of aliphatic imine (C=N–C) groups is 2. The molecule has 0 aromatic rings. The number of nitrogens with zero attached hydrogens (tertiary/aromatic N) is 2. The van der Waals surface area contributed by atoms with Gasteiger partial charge in [0.1, 0.15) is 0 Å². The van der Waals surface area contributed by atoms with E-state index in [0.717, 1.165) is 0 Å². The average Bonchev–Trinajstić information content (AvgIpc) is 2.08. The van der Waals surface area contributed by atoms with Gasteiger partial charge < -0.3 is 5.32 Å². The summed E-state index contributed by atoms with van der Waals surface area (Å²) in [6, 6.07) is 0. The second kappa shape index (κ2) is 5.17. The van der Waals surface area contributed by atoms with Crippen LogP contribution < -0.4 is 5.32 Å². The minimum absolute atomic E-state index is 1.67. The lowest BCUT2D eigenvalue weighted by Crippen LogP contribution is -1.89.